The van der Waals surface area contributed by atoms with Crippen LogP contribution in [-0.2, 0) is 9.59 Å². The number of aliphatic carboxylic acids is 1. The standard InChI is InChI=1S/C15H26N2O4/c1-11-6-5-7-12(10-11)17(2)15(21)16-13(18)8-3-4-9-14(19)20/h11-12H,3-10H2,1-2H3,(H,19,20)(H,16,18,21). The maximum Gasteiger partial charge on any atom is 0.324 e. The molecule has 1 rings (SSSR count). The van der Waals surface area contributed by atoms with E-state index in [1.807, 2.05) is 0 Å². The third-order valence-corrected chi connectivity index (χ3v) is 4.07. The molecule has 6 nitrogen and oxygen atoms in total. The number of hydrogen-bond acceptors (Lipinski definition) is 3. The van der Waals surface area contributed by atoms with Crippen LogP contribution in [0.25, 0.3) is 0 Å². The summed E-state index contributed by atoms with van der Waals surface area (Å²) in [6.07, 6.45) is 5.47. The van der Waals surface area contributed by atoms with Gasteiger partial charge in [0.1, 0.15) is 0 Å². The Morgan fingerprint density at radius 3 is 2.48 bits per heavy atom. The highest BCUT2D eigenvalue weighted by atomic mass is 16.4. The fourth-order valence-electron chi connectivity index (χ4n) is 2.75. The summed E-state index contributed by atoms with van der Waals surface area (Å²) in [5.41, 5.74) is 0. The number of carbonyl (C=O) groups excluding carboxylic acids is 2. The number of rotatable bonds is 6. The van der Waals surface area contributed by atoms with E-state index in [9.17, 15) is 14.4 Å². The first-order valence-corrected chi connectivity index (χ1v) is 7.68. The van der Waals surface area contributed by atoms with Crippen molar-refractivity contribution in [2.24, 2.45) is 5.92 Å². The Kier molecular flexibility index (Phi) is 7.19. The minimum Gasteiger partial charge on any atom is -0.481 e. The summed E-state index contributed by atoms with van der Waals surface area (Å²) >= 11 is 0. The zero-order valence-electron chi connectivity index (χ0n) is 12.9. The smallest absolute Gasteiger partial charge is 0.324 e. The monoisotopic (exact) mass is 298 g/mol. The van der Waals surface area contributed by atoms with Gasteiger partial charge in [-0.2, -0.15) is 0 Å². The molecule has 120 valence electrons. The second-order valence-corrected chi connectivity index (χ2v) is 5.99. The lowest BCUT2D eigenvalue weighted by molar-refractivity contribution is -0.137. The normalized spacial score (nSPS) is 21.6. The van der Waals surface area contributed by atoms with Gasteiger partial charge in [-0.05, 0) is 31.6 Å². The van der Waals surface area contributed by atoms with Crippen molar-refractivity contribution >= 4 is 17.9 Å². The first-order valence-electron chi connectivity index (χ1n) is 7.68. The molecule has 0 aliphatic heterocycles. The fourth-order valence-corrected chi connectivity index (χ4v) is 2.75. The van der Waals surface area contributed by atoms with Gasteiger partial charge in [-0.15, -0.1) is 0 Å². The van der Waals surface area contributed by atoms with Crippen molar-refractivity contribution in [3.63, 3.8) is 0 Å². The average Bonchev–Trinajstić information content (AvgIpc) is 2.42. The van der Waals surface area contributed by atoms with E-state index in [0.717, 1.165) is 19.3 Å². The van der Waals surface area contributed by atoms with Crippen molar-refractivity contribution in [2.45, 2.75) is 64.3 Å². The Bertz CT molecular complexity index is 384. The minimum absolute atomic E-state index is 0.0566. The van der Waals surface area contributed by atoms with Crippen molar-refractivity contribution in [1.29, 1.82) is 0 Å². The Morgan fingerprint density at radius 1 is 1.19 bits per heavy atom. The van der Waals surface area contributed by atoms with E-state index < -0.39 is 5.97 Å². The Hall–Kier alpha value is -1.59. The van der Waals surface area contributed by atoms with E-state index in [-0.39, 0.29) is 30.8 Å². The predicted octanol–water partition coefficient (Wildman–Crippen LogP) is 2.38. The highest BCUT2D eigenvalue weighted by molar-refractivity contribution is 5.94. The zero-order chi connectivity index (χ0) is 15.8. The number of urea groups is 1. The van der Waals surface area contributed by atoms with Crippen LogP contribution >= 0.6 is 0 Å². The summed E-state index contributed by atoms with van der Waals surface area (Å²) < 4.78 is 0. The molecule has 1 aliphatic rings. The van der Waals surface area contributed by atoms with Crippen molar-refractivity contribution < 1.29 is 19.5 Å². The van der Waals surface area contributed by atoms with Crippen LogP contribution in [0.2, 0.25) is 0 Å². The highest BCUT2D eigenvalue weighted by Gasteiger charge is 2.26. The summed E-state index contributed by atoms with van der Waals surface area (Å²) in [4.78, 5) is 35.6. The number of carboxylic acids is 1. The summed E-state index contributed by atoms with van der Waals surface area (Å²) in [6, 6.07) is -0.147. The number of imide groups is 1. The molecule has 2 atom stereocenters. The summed E-state index contributed by atoms with van der Waals surface area (Å²) in [6.45, 7) is 2.19. The van der Waals surface area contributed by atoms with Gasteiger partial charge < -0.3 is 10.0 Å². The third-order valence-electron chi connectivity index (χ3n) is 4.07. The molecule has 0 aromatic carbocycles. The van der Waals surface area contributed by atoms with Crippen LogP contribution in [0.4, 0.5) is 4.79 Å². The molecule has 0 spiro atoms. The molecule has 2 N–H and O–H groups in total. The van der Waals surface area contributed by atoms with Crippen LogP contribution in [0.3, 0.4) is 0 Å². The quantitative estimate of drug-likeness (QED) is 0.737. The predicted molar refractivity (Wildman–Crippen MR) is 78.8 cm³/mol. The van der Waals surface area contributed by atoms with Crippen molar-refractivity contribution in [3.05, 3.63) is 0 Å². The van der Waals surface area contributed by atoms with E-state index >= 15 is 0 Å². The molecule has 1 aliphatic carbocycles. The molecule has 21 heavy (non-hydrogen) atoms. The van der Waals surface area contributed by atoms with Gasteiger partial charge in [-0.3, -0.25) is 14.9 Å². The molecule has 0 radical (unpaired) electrons. The Morgan fingerprint density at radius 2 is 1.86 bits per heavy atom. The molecule has 0 heterocycles. The molecule has 6 heteroatoms. The maximum atomic E-state index is 12.0. The van der Waals surface area contributed by atoms with Crippen molar-refractivity contribution in [1.82, 2.24) is 10.2 Å². The third kappa shape index (κ3) is 6.60. The van der Waals surface area contributed by atoms with E-state index in [1.165, 1.54) is 6.42 Å². The van der Waals surface area contributed by atoms with Crippen molar-refractivity contribution in [3.8, 4) is 0 Å². The molecular weight excluding hydrogens is 272 g/mol. The molecule has 3 amide bonds. The summed E-state index contributed by atoms with van der Waals surface area (Å²) in [5.74, 6) is -0.579. The van der Waals surface area contributed by atoms with E-state index in [4.69, 9.17) is 5.11 Å². The highest BCUT2D eigenvalue weighted by Crippen LogP contribution is 2.26. The topological polar surface area (TPSA) is 86.7 Å². The van der Waals surface area contributed by atoms with Crippen LogP contribution in [0.15, 0.2) is 0 Å². The van der Waals surface area contributed by atoms with Gasteiger partial charge in [0.05, 0.1) is 0 Å². The lowest BCUT2D eigenvalue weighted by atomic mass is 9.86. The first-order chi connectivity index (χ1) is 9.90. The molecule has 0 saturated heterocycles. The maximum absolute atomic E-state index is 12.0. The lowest BCUT2D eigenvalue weighted by Gasteiger charge is -2.33. The molecule has 0 aromatic heterocycles. The number of unbranched alkanes of at least 4 members (excludes halogenated alkanes) is 1. The van der Waals surface area contributed by atoms with Crippen LogP contribution in [0.5, 0.6) is 0 Å². The lowest BCUT2D eigenvalue weighted by Crippen LogP contribution is -2.47. The van der Waals surface area contributed by atoms with Crippen LogP contribution in [0, 0.1) is 5.92 Å². The molecule has 0 bridgehead atoms. The number of nitrogens with one attached hydrogen (secondary N) is 1. The molecule has 1 saturated carbocycles. The van der Waals surface area contributed by atoms with Gasteiger partial charge in [-0.1, -0.05) is 19.8 Å². The van der Waals surface area contributed by atoms with Gasteiger partial charge >= 0.3 is 12.0 Å². The van der Waals surface area contributed by atoms with E-state index in [0.29, 0.717) is 18.8 Å². The molecule has 2 unspecified atom stereocenters. The first kappa shape index (κ1) is 17.5. The Balaban J connectivity index is 2.27. The minimum atomic E-state index is -0.863. The zero-order valence-corrected chi connectivity index (χ0v) is 12.9. The largest absolute Gasteiger partial charge is 0.481 e. The Labute approximate surface area is 125 Å². The molecule has 0 aromatic rings. The van der Waals surface area contributed by atoms with Gasteiger partial charge in [0.15, 0.2) is 0 Å². The number of amides is 3. The number of nitrogens with zero attached hydrogens (tertiary/aromatic N) is 1. The fraction of sp³-hybridized carbons (Fsp3) is 0.800. The van der Waals surface area contributed by atoms with Crippen LogP contribution in [-0.4, -0.2) is 41.0 Å². The van der Waals surface area contributed by atoms with Crippen molar-refractivity contribution in [2.75, 3.05) is 7.05 Å². The molecular formula is C15H26N2O4. The average molecular weight is 298 g/mol. The van der Waals surface area contributed by atoms with Gasteiger partial charge in [0.25, 0.3) is 0 Å². The van der Waals surface area contributed by atoms with Gasteiger partial charge in [0.2, 0.25) is 5.91 Å². The summed E-state index contributed by atoms with van der Waals surface area (Å²) in [5, 5.41) is 10.9. The number of carbonyl (C=O) groups is 3. The van der Waals surface area contributed by atoms with E-state index in [1.54, 1.807) is 11.9 Å². The SMILES string of the molecule is CC1CCCC(N(C)C(=O)NC(=O)CCCCC(=O)O)C1. The van der Waals surface area contributed by atoms with Crippen LogP contribution in [0.1, 0.15) is 58.3 Å². The number of hydrogen-bond donors (Lipinski definition) is 2. The second kappa shape index (κ2) is 8.64. The van der Waals surface area contributed by atoms with Crippen LogP contribution < -0.4 is 5.32 Å². The van der Waals surface area contributed by atoms with E-state index in [2.05, 4.69) is 12.2 Å². The number of carboxylic acid groups (broad SMARTS) is 1. The summed E-state index contributed by atoms with van der Waals surface area (Å²) in [7, 11) is 1.73. The van der Waals surface area contributed by atoms with Gasteiger partial charge in [0, 0.05) is 25.9 Å². The van der Waals surface area contributed by atoms with Gasteiger partial charge in [-0.25, -0.2) is 4.79 Å². The molecule has 1 fully saturated rings. The second-order valence-electron chi connectivity index (χ2n) is 5.99.